The van der Waals surface area contributed by atoms with Gasteiger partial charge in [-0.15, -0.1) is 0 Å². The summed E-state index contributed by atoms with van der Waals surface area (Å²) >= 11 is 0. The molecule has 0 saturated carbocycles. The Hall–Kier alpha value is -3.19. The van der Waals surface area contributed by atoms with Gasteiger partial charge in [0.05, 0.1) is 17.3 Å². The molecule has 0 radical (unpaired) electrons. The lowest BCUT2D eigenvalue weighted by atomic mass is 9.77. The van der Waals surface area contributed by atoms with Crippen LogP contribution in [0.25, 0.3) is 0 Å². The standard InChI is InChI=1S/C23H24N2O2/c1-13(2)20(16(5)26)21(18-9-8-17(12-24)11-15(18)4)22-19(27)10-7-14(3)23(22)25-6/h7-11,21,27H,6H2,1-5H3. The SMILES string of the molecule is C=Nc1c(C)ccc(O)c1C(C(C(C)=O)=C(C)C)c1ccc(C#N)cc1C. The number of aliphatic imine (C=N–C) groups is 1. The van der Waals surface area contributed by atoms with Gasteiger partial charge in [-0.2, -0.15) is 5.26 Å². The topological polar surface area (TPSA) is 73.5 Å². The molecule has 27 heavy (non-hydrogen) atoms. The van der Waals surface area contributed by atoms with E-state index in [-0.39, 0.29) is 11.5 Å². The molecule has 0 bridgehead atoms. The van der Waals surface area contributed by atoms with Gasteiger partial charge >= 0.3 is 0 Å². The van der Waals surface area contributed by atoms with Gasteiger partial charge in [-0.1, -0.05) is 17.7 Å². The molecule has 0 aliphatic carbocycles. The first-order valence-electron chi connectivity index (χ1n) is 8.71. The second-order valence-electron chi connectivity index (χ2n) is 6.91. The minimum absolute atomic E-state index is 0.0664. The van der Waals surface area contributed by atoms with Crippen LogP contribution >= 0.6 is 0 Å². The lowest BCUT2D eigenvalue weighted by Crippen LogP contribution is -2.14. The van der Waals surface area contributed by atoms with Crippen molar-refractivity contribution in [3.63, 3.8) is 0 Å². The van der Waals surface area contributed by atoms with Crippen LogP contribution in [0.15, 0.2) is 46.5 Å². The molecule has 0 aromatic heterocycles. The third kappa shape index (κ3) is 3.83. The largest absolute Gasteiger partial charge is 0.508 e. The molecule has 0 aliphatic heterocycles. The minimum atomic E-state index is -0.499. The summed E-state index contributed by atoms with van der Waals surface area (Å²) in [6.07, 6.45) is 0. The van der Waals surface area contributed by atoms with Crippen molar-refractivity contribution >= 4 is 18.2 Å². The molecule has 0 saturated heterocycles. The number of phenolic OH excluding ortho intramolecular Hbond substituents is 1. The van der Waals surface area contributed by atoms with Crippen LogP contribution in [0.2, 0.25) is 0 Å². The second-order valence-corrected chi connectivity index (χ2v) is 6.91. The Kier molecular flexibility index (Phi) is 5.97. The van der Waals surface area contributed by atoms with Crippen LogP contribution in [0.3, 0.4) is 0 Å². The van der Waals surface area contributed by atoms with Crippen LogP contribution in [-0.2, 0) is 4.79 Å². The third-order valence-corrected chi connectivity index (χ3v) is 4.76. The first-order valence-corrected chi connectivity index (χ1v) is 8.71. The molecule has 2 aromatic carbocycles. The summed E-state index contributed by atoms with van der Waals surface area (Å²) < 4.78 is 0. The van der Waals surface area contributed by atoms with Gasteiger partial charge in [0, 0.05) is 17.1 Å². The van der Waals surface area contributed by atoms with Gasteiger partial charge in [-0.05, 0) is 76.2 Å². The second kappa shape index (κ2) is 8.01. The highest BCUT2D eigenvalue weighted by atomic mass is 16.3. The maximum absolute atomic E-state index is 12.6. The molecule has 0 amide bonds. The van der Waals surface area contributed by atoms with Crippen LogP contribution in [0.4, 0.5) is 5.69 Å². The van der Waals surface area contributed by atoms with Gasteiger partial charge in [0.1, 0.15) is 5.75 Å². The molecule has 4 heteroatoms. The van der Waals surface area contributed by atoms with Crippen molar-refractivity contribution < 1.29 is 9.90 Å². The number of hydrogen-bond donors (Lipinski definition) is 1. The number of ketones is 1. The molecule has 1 N–H and O–H groups in total. The highest BCUT2D eigenvalue weighted by Crippen LogP contribution is 2.45. The van der Waals surface area contributed by atoms with Gasteiger partial charge in [0.25, 0.3) is 0 Å². The highest BCUT2D eigenvalue weighted by molar-refractivity contribution is 5.97. The van der Waals surface area contributed by atoms with E-state index in [9.17, 15) is 15.2 Å². The summed E-state index contributed by atoms with van der Waals surface area (Å²) in [6, 6.07) is 10.9. The maximum Gasteiger partial charge on any atom is 0.156 e. The van der Waals surface area contributed by atoms with E-state index in [1.165, 1.54) is 6.92 Å². The molecule has 1 atom stereocenters. The third-order valence-electron chi connectivity index (χ3n) is 4.76. The molecular weight excluding hydrogens is 336 g/mol. The first kappa shape index (κ1) is 20.1. The van der Waals surface area contributed by atoms with Crippen molar-refractivity contribution in [2.45, 2.75) is 40.5 Å². The number of Topliss-reactive ketones (excluding diaryl/α,β-unsaturated/α-hetero) is 1. The van der Waals surface area contributed by atoms with Crippen LogP contribution in [-0.4, -0.2) is 17.6 Å². The average Bonchev–Trinajstić information content (AvgIpc) is 2.61. The molecule has 2 aromatic rings. The number of nitrogens with zero attached hydrogens (tertiary/aromatic N) is 2. The van der Waals surface area contributed by atoms with E-state index in [0.717, 1.165) is 22.3 Å². The van der Waals surface area contributed by atoms with E-state index in [1.807, 2.05) is 33.8 Å². The fourth-order valence-corrected chi connectivity index (χ4v) is 3.57. The molecular formula is C23H24N2O2. The van der Waals surface area contributed by atoms with E-state index in [2.05, 4.69) is 17.8 Å². The van der Waals surface area contributed by atoms with Crippen molar-refractivity contribution in [2.75, 3.05) is 0 Å². The zero-order chi connectivity index (χ0) is 20.3. The molecule has 0 spiro atoms. The molecule has 0 aliphatic rings. The lowest BCUT2D eigenvalue weighted by Gasteiger charge is -2.26. The Labute approximate surface area is 160 Å². The summed E-state index contributed by atoms with van der Waals surface area (Å²) in [4.78, 5) is 16.7. The summed E-state index contributed by atoms with van der Waals surface area (Å²) in [7, 11) is 0. The summed E-state index contributed by atoms with van der Waals surface area (Å²) in [6.45, 7) is 12.8. The highest BCUT2D eigenvalue weighted by Gasteiger charge is 2.30. The predicted octanol–water partition coefficient (Wildman–Crippen LogP) is 5.27. The molecule has 4 nitrogen and oxygen atoms in total. The molecule has 2 rings (SSSR count). The zero-order valence-electron chi connectivity index (χ0n) is 16.4. The van der Waals surface area contributed by atoms with E-state index < -0.39 is 5.92 Å². The van der Waals surface area contributed by atoms with E-state index in [1.54, 1.807) is 24.3 Å². The van der Waals surface area contributed by atoms with E-state index in [0.29, 0.717) is 22.4 Å². The molecule has 0 heterocycles. The van der Waals surface area contributed by atoms with Gasteiger partial charge in [-0.3, -0.25) is 9.79 Å². The number of aryl methyl sites for hydroxylation is 2. The fourth-order valence-electron chi connectivity index (χ4n) is 3.57. The Morgan fingerprint density at radius 2 is 1.81 bits per heavy atom. The number of nitriles is 1. The predicted molar refractivity (Wildman–Crippen MR) is 109 cm³/mol. The number of phenols is 1. The Balaban J connectivity index is 2.96. The van der Waals surface area contributed by atoms with Crippen molar-refractivity contribution in [1.29, 1.82) is 5.26 Å². The van der Waals surface area contributed by atoms with Gasteiger partial charge in [0.2, 0.25) is 0 Å². The number of rotatable bonds is 5. The Morgan fingerprint density at radius 3 is 2.30 bits per heavy atom. The van der Waals surface area contributed by atoms with Gasteiger partial charge in [0.15, 0.2) is 5.78 Å². The molecule has 138 valence electrons. The van der Waals surface area contributed by atoms with E-state index >= 15 is 0 Å². The first-order chi connectivity index (χ1) is 12.7. The van der Waals surface area contributed by atoms with Crippen molar-refractivity contribution in [2.24, 2.45) is 4.99 Å². The maximum atomic E-state index is 12.6. The van der Waals surface area contributed by atoms with Crippen LogP contribution in [0.1, 0.15) is 54.5 Å². The number of carbonyl (C=O) groups is 1. The summed E-state index contributed by atoms with van der Waals surface area (Å²) in [5.41, 5.74) is 5.74. The van der Waals surface area contributed by atoms with Gasteiger partial charge in [-0.25, -0.2) is 0 Å². The van der Waals surface area contributed by atoms with Crippen molar-refractivity contribution in [1.82, 2.24) is 0 Å². The number of aromatic hydroxyl groups is 1. The molecule has 0 fully saturated rings. The van der Waals surface area contributed by atoms with Crippen LogP contribution in [0.5, 0.6) is 5.75 Å². The quantitative estimate of drug-likeness (QED) is 0.583. The summed E-state index contributed by atoms with van der Waals surface area (Å²) in [5, 5.41) is 19.9. The lowest BCUT2D eigenvalue weighted by molar-refractivity contribution is -0.113. The Bertz CT molecular complexity index is 990. The number of hydrogen-bond acceptors (Lipinski definition) is 4. The Morgan fingerprint density at radius 1 is 1.15 bits per heavy atom. The van der Waals surface area contributed by atoms with Crippen molar-refractivity contribution in [3.05, 3.63) is 69.3 Å². The number of benzene rings is 2. The van der Waals surface area contributed by atoms with Crippen LogP contribution < -0.4 is 0 Å². The normalized spacial score (nSPS) is 11.4. The number of carbonyl (C=O) groups excluding carboxylic acids is 1. The monoisotopic (exact) mass is 360 g/mol. The minimum Gasteiger partial charge on any atom is -0.508 e. The zero-order valence-corrected chi connectivity index (χ0v) is 16.4. The van der Waals surface area contributed by atoms with Gasteiger partial charge < -0.3 is 5.11 Å². The summed E-state index contributed by atoms with van der Waals surface area (Å²) in [5.74, 6) is -0.503. The number of allylic oxidation sites excluding steroid dienone is 2. The van der Waals surface area contributed by atoms with E-state index in [4.69, 9.17) is 0 Å². The van der Waals surface area contributed by atoms with Crippen molar-refractivity contribution in [3.8, 4) is 11.8 Å². The average molecular weight is 360 g/mol. The fraction of sp³-hybridized carbons (Fsp3) is 0.261. The molecule has 1 unspecified atom stereocenters. The van der Waals surface area contributed by atoms with Crippen LogP contribution in [0, 0.1) is 25.2 Å². The smallest absolute Gasteiger partial charge is 0.156 e.